The number of hydrogen-bond donors (Lipinski definition) is 0. The Bertz CT molecular complexity index is 140. The van der Waals surface area contributed by atoms with Crippen LogP contribution < -0.4 is 0 Å². The zero-order valence-electron chi connectivity index (χ0n) is 5.22. The Morgan fingerprint density at radius 3 is 2.67 bits per heavy atom. The first-order valence-corrected chi connectivity index (χ1v) is 3.13. The summed E-state index contributed by atoms with van der Waals surface area (Å²) in [5.74, 6) is -0.403. The van der Waals surface area contributed by atoms with Crippen molar-refractivity contribution in [2.75, 3.05) is 0 Å². The molecule has 0 fully saturated rings. The second-order valence-electron chi connectivity index (χ2n) is 1.41. The highest BCUT2D eigenvalue weighted by Crippen LogP contribution is 2.05. The van der Waals surface area contributed by atoms with Crippen LogP contribution in [-0.2, 0) is 8.98 Å². The minimum atomic E-state index is -0.403. The zero-order valence-corrected chi connectivity index (χ0v) is 6.03. The SMILES string of the molecule is C=CSOC(=O)C(=C)C. The predicted molar refractivity (Wildman–Crippen MR) is 38.7 cm³/mol. The Morgan fingerprint density at radius 2 is 2.33 bits per heavy atom. The van der Waals surface area contributed by atoms with Gasteiger partial charge in [-0.3, -0.25) is 0 Å². The van der Waals surface area contributed by atoms with Crippen LogP contribution in [0.4, 0.5) is 0 Å². The Kier molecular flexibility index (Phi) is 3.88. The lowest BCUT2D eigenvalue weighted by Crippen LogP contribution is -1.97. The van der Waals surface area contributed by atoms with E-state index in [9.17, 15) is 4.79 Å². The van der Waals surface area contributed by atoms with Crippen molar-refractivity contribution in [3.63, 3.8) is 0 Å². The van der Waals surface area contributed by atoms with E-state index in [4.69, 9.17) is 0 Å². The highest BCUT2D eigenvalue weighted by atomic mass is 32.2. The molecule has 0 aliphatic rings. The molecule has 0 aromatic rings. The number of carbonyl (C=O) groups excluding carboxylic acids is 1. The molecule has 2 nitrogen and oxygen atoms in total. The topological polar surface area (TPSA) is 26.3 Å². The van der Waals surface area contributed by atoms with Gasteiger partial charge < -0.3 is 4.18 Å². The minimum Gasteiger partial charge on any atom is -0.383 e. The van der Waals surface area contributed by atoms with E-state index in [1.54, 1.807) is 6.92 Å². The van der Waals surface area contributed by atoms with Crippen molar-refractivity contribution in [1.29, 1.82) is 0 Å². The van der Waals surface area contributed by atoms with E-state index in [-0.39, 0.29) is 0 Å². The molecule has 0 N–H and O–H groups in total. The molecule has 0 unspecified atom stereocenters. The van der Waals surface area contributed by atoms with Crippen LogP contribution in [-0.4, -0.2) is 5.97 Å². The predicted octanol–water partition coefficient (Wildman–Crippen LogP) is 1.90. The third kappa shape index (κ3) is 3.85. The van der Waals surface area contributed by atoms with Crippen molar-refractivity contribution in [2.45, 2.75) is 6.92 Å². The van der Waals surface area contributed by atoms with E-state index in [0.29, 0.717) is 5.57 Å². The van der Waals surface area contributed by atoms with Crippen molar-refractivity contribution in [2.24, 2.45) is 0 Å². The molecule has 0 aromatic heterocycles. The Hall–Kier alpha value is -0.700. The smallest absolute Gasteiger partial charge is 0.345 e. The quantitative estimate of drug-likeness (QED) is 0.447. The van der Waals surface area contributed by atoms with E-state index in [1.807, 2.05) is 0 Å². The number of carbonyl (C=O) groups is 1. The molecule has 0 saturated heterocycles. The fraction of sp³-hybridized carbons (Fsp3) is 0.167. The summed E-state index contributed by atoms with van der Waals surface area (Å²) >= 11 is 0.898. The van der Waals surface area contributed by atoms with Crippen LogP contribution >= 0.6 is 12.0 Å². The second-order valence-corrected chi connectivity index (χ2v) is 2.11. The molecule has 0 atom stereocenters. The van der Waals surface area contributed by atoms with Gasteiger partial charge in [0.25, 0.3) is 0 Å². The van der Waals surface area contributed by atoms with E-state index in [0.717, 1.165) is 12.0 Å². The maximum atomic E-state index is 10.5. The molecule has 0 radical (unpaired) electrons. The first-order chi connectivity index (χ1) is 4.18. The molecule has 0 aliphatic carbocycles. The van der Waals surface area contributed by atoms with Crippen LogP contribution in [0, 0.1) is 0 Å². The number of hydrogen-bond acceptors (Lipinski definition) is 3. The maximum Gasteiger partial charge on any atom is 0.345 e. The fourth-order valence-electron chi connectivity index (χ4n) is 0.149. The number of rotatable bonds is 3. The Balaban J connectivity index is 3.51. The molecule has 0 bridgehead atoms. The summed E-state index contributed by atoms with van der Waals surface area (Å²) in [7, 11) is 0. The largest absolute Gasteiger partial charge is 0.383 e. The van der Waals surface area contributed by atoms with Crippen LogP contribution in [0.1, 0.15) is 6.92 Å². The van der Waals surface area contributed by atoms with Gasteiger partial charge in [0.2, 0.25) is 0 Å². The highest BCUT2D eigenvalue weighted by molar-refractivity contribution is 7.97. The third-order valence-electron chi connectivity index (χ3n) is 0.540. The minimum absolute atomic E-state index is 0.393. The molecular weight excluding hydrogens is 136 g/mol. The van der Waals surface area contributed by atoms with Gasteiger partial charge in [0.15, 0.2) is 0 Å². The Morgan fingerprint density at radius 1 is 1.78 bits per heavy atom. The summed E-state index contributed by atoms with van der Waals surface area (Å²) in [6.07, 6.45) is 0. The normalized spacial score (nSPS) is 8.11. The molecule has 50 valence electrons. The highest BCUT2D eigenvalue weighted by Gasteiger charge is 2.00. The van der Waals surface area contributed by atoms with E-state index in [2.05, 4.69) is 17.3 Å². The van der Waals surface area contributed by atoms with Crippen LogP contribution in [0.3, 0.4) is 0 Å². The lowest BCUT2D eigenvalue weighted by atomic mass is 10.4. The zero-order chi connectivity index (χ0) is 7.28. The van der Waals surface area contributed by atoms with Gasteiger partial charge in [-0.1, -0.05) is 13.2 Å². The summed E-state index contributed by atoms with van der Waals surface area (Å²) < 4.78 is 4.51. The molecule has 0 aromatic carbocycles. The fourth-order valence-corrected chi connectivity index (χ4v) is 0.447. The summed E-state index contributed by atoms with van der Waals surface area (Å²) in [4.78, 5) is 10.5. The summed E-state index contributed by atoms with van der Waals surface area (Å²) in [5.41, 5.74) is 0.393. The molecule has 0 spiro atoms. The summed E-state index contributed by atoms with van der Waals surface area (Å²) in [6, 6.07) is 0. The van der Waals surface area contributed by atoms with Gasteiger partial charge in [0.1, 0.15) is 0 Å². The monoisotopic (exact) mass is 144 g/mol. The standard InChI is InChI=1S/C6H8O2S/c1-4-9-8-6(7)5(2)3/h4H,1-2H2,3H3. The average molecular weight is 144 g/mol. The third-order valence-corrected chi connectivity index (χ3v) is 0.924. The first-order valence-electron chi connectivity index (χ1n) is 2.32. The van der Waals surface area contributed by atoms with Crippen LogP contribution in [0.15, 0.2) is 24.1 Å². The van der Waals surface area contributed by atoms with E-state index >= 15 is 0 Å². The molecule has 0 saturated carbocycles. The first kappa shape index (κ1) is 8.30. The molecular formula is C6H8O2S. The molecule has 0 aliphatic heterocycles. The molecule has 3 heteroatoms. The lowest BCUT2D eigenvalue weighted by molar-refractivity contribution is -0.128. The lowest BCUT2D eigenvalue weighted by Gasteiger charge is -1.95. The molecule has 0 heterocycles. The van der Waals surface area contributed by atoms with Gasteiger partial charge >= 0.3 is 5.97 Å². The second kappa shape index (κ2) is 4.21. The average Bonchev–Trinajstić information content (AvgIpc) is 1.82. The van der Waals surface area contributed by atoms with E-state index in [1.165, 1.54) is 5.41 Å². The van der Waals surface area contributed by atoms with Gasteiger partial charge in [-0.2, -0.15) is 0 Å². The van der Waals surface area contributed by atoms with Crippen molar-refractivity contribution < 1.29 is 8.98 Å². The van der Waals surface area contributed by atoms with Crippen LogP contribution in [0.5, 0.6) is 0 Å². The maximum absolute atomic E-state index is 10.5. The van der Waals surface area contributed by atoms with E-state index < -0.39 is 5.97 Å². The van der Waals surface area contributed by atoms with Gasteiger partial charge in [-0.25, -0.2) is 4.79 Å². The Labute approximate surface area is 58.8 Å². The summed E-state index contributed by atoms with van der Waals surface area (Å²) in [6.45, 7) is 8.32. The van der Waals surface area contributed by atoms with Gasteiger partial charge in [0, 0.05) is 11.0 Å². The summed E-state index contributed by atoms with van der Waals surface area (Å²) in [5, 5.41) is 1.43. The van der Waals surface area contributed by atoms with Gasteiger partial charge in [-0.15, -0.1) is 0 Å². The molecule has 0 amide bonds. The van der Waals surface area contributed by atoms with Crippen molar-refractivity contribution >= 4 is 18.0 Å². The molecule has 0 rings (SSSR count). The van der Waals surface area contributed by atoms with Crippen molar-refractivity contribution in [3.05, 3.63) is 24.1 Å². The van der Waals surface area contributed by atoms with Gasteiger partial charge in [0.05, 0.1) is 12.0 Å². The van der Waals surface area contributed by atoms with Crippen LogP contribution in [0.2, 0.25) is 0 Å². The molecule has 9 heavy (non-hydrogen) atoms. The van der Waals surface area contributed by atoms with Crippen LogP contribution in [0.25, 0.3) is 0 Å². The van der Waals surface area contributed by atoms with Crippen molar-refractivity contribution in [3.8, 4) is 0 Å². The van der Waals surface area contributed by atoms with Crippen molar-refractivity contribution in [1.82, 2.24) is 0 Å². The van der Waals surface area contributed by atoms with Gasteiger partial charge in [-0.05, 0) is 6.92 Å².